The number of carbonyl (C=O) groups is 2. The molecular formula is C22H31N3O4. The number of hydrogen-bond acceptors (Lipinski definition) is 6. The summed E-state index contributed by atoms with van der Waals surface area (Å²) in [4.78, 5) is 34.0. The zero-order valence-corrected chi connectivity index (χ0v) is 17.5. The maximum absolute atomic E-state index is 12.9. The number of fused-ring (bicyclic) bond motifs is 2. The Morgan fingerprint density at radius 3 is 2.76 bits per heavy atom. The van der Waals surface area contributed by atoms with Crippen LogP contribution in [-0.2, 0) is 15.1 Å². The molecule has 0 bridgehead atoms. The molecule has 158 valence electrons. The molecule has 4 rings (SSSR count). The van der Waals surface area contributed by atoms with Crippen LogP contribution in [0.15, 0.2) is 12.3 Å². The predicted octanol–water partition coefficient (Wildman–Crippen LogP) is 2.59. The number of amides is 1. The van der Waals surface area contributed by atoms with E-state index in [1.54, 1.807) is 6.20 Å². The molecule has 2 fully saturated rings. The summed E-state index contributed by atoms with van der Waals surface area (Å²) >= 11 is 0. The van der Waals surface area contributed by atoms with Crippen LogP contribution < -0.4 is 4.74 Å². The van der Waals surface area contributed by atoms with Gasteiger partial charge in [0.25, 0.3) is 0 Å². The van der Waals surface area contributed by atoms with Crippen LogP contribution in [-0.4, -0.2) is 66.5 Å². The Morgan fingerprint density at radius 2 is 2.07 bits per heavy atom. The molecule has 1 amide bonds. The van der Waals surface area contributed by atoms with E-state index < -0.39 is 5.60 Å². The SMILES string of the molecule is CCOc1nccc2c1C(=O)OC21CCC(C(=O)N(C)CCN2CCCC2)CC1. The van der Waals surface area contributed by atoms with Crippen molar-refractivity contribution < 1.29 is 19.1 Å². The highest BCUT2D eigenvalue weighted by Crippen LogP contribution is 2.49. The minimum atomic E-state index is -0.633. The zero-order chi connectivity index (χ0) is 20.4. The van der Waals surface area contributed by atoms with Crippen LogP contribution in [0.5, 0.6) is 5.88 Å². The van der Waals surface area contributed by atoms with Crippen molar-refractivity contribution in [2.24, 2.45) is 5.92 Å². The van der Waals surface area contributed by atoms with Gasteiger partial charge in [0, 0.05) is 37.8 Å². The molecule has 0 radical (unpaired) electrons. The van der Waals surface area contributed by atoms with Crippen LogP contribution in [0.2, 0.25) is 0 Å². The summed E-state index contributed by atoms with van der Waals surface area (Å²) in [6.45, 7) is 6.35. The van der Waals surface area contributed by atoms with E-state index >= 15 is 0 Å². The molecule has 1 spiro atoms. The van der Waals surface area contributed by atoms with Gasteiger partial charge in [0.15, 0.2) is 0 Å². The van der Waals surface area contributed by atoms with Crippen molar-refractivity contribution in [1.29, 1.82) is 0 Å². The van der Waals surface area contributed by atoms with Crippen LogP contribution in [0, 0.1) is 5.92 Å². The number of likely N-dealkylation sites (tertiary alicyclic amines) is 1. The Morgan fingerprint density at radius 1 is 1.34 bits per heavy atom. The van der Waals surface area contributed by atoms with Crippen molar-refractivity contribution in [1.82, 2.24) is 14.8 Å². The third-order valence-corrected chi connectivity index (χ3v) is 6.65. The summed E-state index contributed by atoms with van der Waals surface area (Å²) in [6.07, 6.45) is 7.00. The molecule has 1 saturated heterocycles. The summed E-state index contributed by atoms with van der Waals surface area (Å²) in [7, 11) is 1.91. The molecule has 7 nitrogen and oxygen atoms in total. The lowest BCUT2D eigenvalue weighted by Crippen LogP contribution is -2.41. The second-order valence-electron chi connectivity index (χ2n) is 8.44. The van der Waals surface area contributed by atoms with Gasteiger partial charge in [-0.2, -0.15) is 0 Å². The van der Waals surface area contributed by atoms with Crippen molar-refractivity contribution in [3.05, 3.63) is 23.4 Å². The normalized spacial score (nSPS) is 26.4. The summed E-state index contributed by atoms with van der Waals surface area (Å²) in [5.41, 5.74) is 0.697. The number of likely N-dealkylation sites (N-methyl/N-ethyl adjacent to an activating group) is 1. The average Bonchev–Trinajstić information content (AvgIpc) is 3.34. The number of nitrogens with zero attached hydrogens (tertiary/aromatic N) is 3. The van der Waals surface area contributed by atoms with Gasteiger partial charge in [-0.15, -0.1) is 0 Å². The van der Waals surface area contributed by atoms with E-state index in [4.69, 9.17) is 9.47 Å². The number of esters is 1. The molecule has 3 aliphatic rings. The van der Waals surface area contributed by atoms with Gasteiger partial charge in [-0.3, -0.25) is 4.79 Å². The Balaban J connectivity index is 1.39. The molecular weight excluding hydrogens is 370 g/mol. The van der Waals surface area contributed by atoms with Gasteiger partial charge >= 0.3 is 5.97 Å². The van der Waals surface area contributed by atoms with Gasteiger partial charge in [-0.25, -0.2) is 9.78 Å². The van der Waals surface area contributed by atoms with E-state index in [2.05, 4.69) is 9.88 Å². The third-order valence-electron chi connectivity index (χ3n) is 6.65. The Labute approximate surface area is 172 Å². The summed E-state index contributed by atoms with van der Waals surface area (Å²) in [5.74, 6) is 0.212. The Bertz CT molecular complexity index is 767. The first-order valence-electron chi connectivity index (χ1n) is 10.9. The maximum Gasteiger partial charge on any atom is 0.344 e. The summed E-state index contributed by atoms with van der Waals surface area (Å²) in [6, 6.07) is 1.87. The molecule has 2 aliphatic heterocycles. The molecule has 0 aromatic carbocycles. The van der Waals surface area contributed by atoms with E-state index in [1.807, 2.05) is 24.9 Å². The highest BCUT2D eigenvalue weighted by atomic mass is 16.6. The maximum atomic E-state index is 12.9. The van der Waals surface area contributed by atoms with Gasteiger partial charge in [0.1, 0.15) is 11.2 Å². The Hall–Kier alpha value is -2.15. The van der Waals surface area contributed by atoms with E-state index in [0.717, 1.165) is 44.6 Å². The third kappa shape index (κ3) is 3.84. The zero-order valence-electron chi connectivity index (χ0n) is 17.5. The molecule has 1 aliphatic carbocycles. The molecule has 29 heavy (non-hydrogen) atoms. The van der Waals surface area contributed by atoms with Crippen LogP contribution >= 0.6 is 0 Å². The highest BCUT2D eigenvalue weighted by Gasteiger charge is 2.50. The van der Waals surface area contributed by atoms with Gasteiger partial charge < -0.3 is 19.3 Å². The molecule has 0 N–H and O–H groups in total. The first-order chi connectivity index (χ1) is 14.0. The van der Waals surface area contributed by atoms with Crippen LogP contribution in [0.4, 0.5) is 0 Å². The topological polar surface area (TPSA) is 72.0 Å². The number of carbonyl (C=O) groups excluding carboxylic acids is 2. The monoisotopic (exact) mass is 401 g/mol. The average molecular weight is 402 g/mol. The van der Waals surface area contributed by atoms with Gasteiger partial charge in [-0.05, 0) is 64.6 Å². The van der Waals surface area contributed by atoms with Crippen molar-refractivity contribution in [2.75, 3.05) is 39.8 Å². The lowest BCUT2D eigenvalue weighted by atomic mass is 9.75. The number of aromatic nitrogens is 1. The lowest BCUT2D eigenvalue weighted by Gasteiger charge is -2.37. The second-order valence-corrected chi connectivity index (χ2v) is 8.44. The van der Waals surface area contributed by atoms with E-state index in [-0.39, 0.29) is 17.8 Å². The fraction of sp³-hybridized carbons (Fsp3) is 0.682. The minimum Gasteiger partial charge on any atom is -0.477 e. The molecule has 1 saturated carbocycles. The largest absolute Gasteiger partial charge is 0.477 e. The number of hydrogen-bond donors (Lipinski definition) is 0. The highest BCUT2D eigenvalue weighted by molar-refractivity contribution is 5.97. The van der Waals surface area contributed by atoms with Crippen molar-refractivity contribution in [3.63, 3.8) is 0 Å². The summed E-state index contributed by atoms with van der Waals surface area (Å²) < 4.78 is 11.4. The first-order valence-corrected chi connectivity index (χ1v) is 10.9. The van der Waals surface area contributed by atoms with Crippen molar-refractivity contribution in [2.45, 2.75) is 51.0 Å². The quantitative estimate of drug-likeness (QED) is 0.683. The first kappa shape index (κ1) is 20.1. The van der Waals surface area contributed by atoms with Crippen molar-refractivity contribution >= 4 is 11.9 Å². The van der Waals surface area contributed by atoms with Crippen LogP contribution in [0.3, 0.4) is 0 Å². The van der Waals surface area contributed by atoms with Gasteiger partial charge in [0.2, 0.25) is 11.8 Å². The van der Waals surface area contributed by atoms with Gasteiger partial charge in [0.05, 0.1) is 6.61 Å². The fourth-order valence-corrected chi connectivity index (χ4v) is 4.97. The van der Waals surface area contributed by atoms with E-state index in [0.29, 0.717) is 30.9 Å². The molecule has 7 heteroatoms. The molecule has 0 atom stereocenters. The van der Waals surface area contributed by atoms with Crippen LogP contribution in [0.1, 0.15) is 61.4 Å². The minimum absolute atomic E-state index is 0.000143. The number of rotatable bonds is 6. The van der Waals surface area contributed by atoms with E-state index in [9.17, 15) is 9.59 Å². The van der Waals surface area contributed by atoms with E-state index in [1.165, 1.54) is 12.8 Å². The second kappa shape index (κ2) is 8.30. The fourth-order valence-electron chi connectivity index (χ4n) is 4.97. The smallest absolute Gasteiger partial charge is 0.344 e. The summed E-state index contributed by atoms with van der Waals surface area (Å²) in [5, 5.41) is 0. The molecule has 1 aromatic heterocycles. The Kier molecular flexibility index (Phi) is 5.76. The number of ether oxygens (including phenoxy) is 2. The lowest BCUT2D eigenvalue weighted by molar-refractivity contribution is -0.137. The molecule has 0 unspecified atom stereocenters. The van der Waals surface area contributed by atoms with Crippen molar-refractivity contribution in [3.8, 4) is 5.88 Å². The van der Waals surface area contributed by atoms with Crippen LogP contribution in [0.25, 0.3) is 0 Å². The standard InChI is InChI=1S/C22H31N3O4/c1-3-28-19-18-17(8-11-23-19)22(29-21(18)27)9-6-16(7-10-22)20(26)24(2)14-15-25-12-4-5-13-25/h8,11,16H,3-7,9-10,12-15H2,1-2H3. The predicted molar refractivity (Wildman–Crippen MR) is 108 cm³/mol. The van der Waals surface area contributed by atoms with Gasteiger partial charge in [-0.1, -0.05) is 0 Å². The molecule has 1 aromatic rings. The molecule has 3 heterocycles. The number of pyridine rings is 1.